The third-order valence-corrected chi connectivity index (χ3v) is 3.14. The van der Waals surface area contributed by atoms with Crippen LogP contribution in [0, 0.1) is 0 Å². The van der Waals surface area contributed by atoms with E-state index in [1.165, 1.54) is 5.56 Å². The average Bonchev–Trinajstić information content (AvgIpc) is 2.46. The first-order valence-electron chi connectivity index (χ1n) is 6.88. The summed E-state index contributed by atoms with van der Waals surface area (Å²) in [5, 5.41) is 0.389. The lowest BCUT2D eigenvalue weighted by Crippen LogP contribution is -2.00. The Morgan fingerprint density at radius 3 is 2.48 bits per heavy atom. The van der Waals surface area contributed by atoms with E-state index in [4.69, 9.17) is 21.1 Å². The van der Waals surface area contributed by atoms with Crippen molar-refractivity contribution in [3.8, 4) is 11.6 Å². The molecule has 0 aliphatic carbocycles. The lowest BCUT2D eigenvalue weighted by Gasteiger charge is -2.09. The zero-order chi connectivity index (χ0) is 15.2. The van der Waals surface area contributed by atoms with E-state index in [0.717, 1.165) is 12.2 Å². The van der Waals surface area contributed by atoms with Gasteiger partial charge in [0.05, 0.1) is 6.61 Å². The van der Waals surface area contributed by atoms with Gasteiger partial charge >= 0.3 is 0 Å². The second kappa shape index (κ2) is 7.38. The van der Waals surface area contributed by atoms with Gasteiger partial charge in [-0.1, -0.05) is 37.6 Å². The van der Waals surface area contributed by atoms with Crippen LogP contribution in [0.2, 0.25) is 5.15 Å². The van der Waals surface area contributed by atoms with E-state index in [9.17, 15) is 0 Å². The Morgan fingerprint density at radius 1 is 1.14 bits per heavy atom. The summed E-state index contributed by atoms with van der Waals surface area (Å²) in [6.07, 6.45) is 0.883. The Morgan fingerprint density at radius 2 is 1.86 bits per heavy atom. The van der Waals surface area contributed by atoms with Gasteiger partial charge in [0.15, 0.2) is 0 Å². The summed E-state index contributed by atoms with van der Waals surface area (Å²) in [5.74, 6) is 2.06. The van der Waals surface area contributed by atoms with Crippen LogP contribution < -0.4 is 4.74 Å². The van der Waals surface area contributed by atoms with Gasteiger partial charge in [0.1, 0.15) is 16.7 Å². The fourth-order valence-corrected chi connectivity index (χ4v) is 1.97. The van der Waals surface area contributed by atoms with Crippen molar-refractivity contribution >= 4 is 11.6 Å². The molecule has 1 aromatic heterocycles. The highest BCUT2D eigenvalue weighted by Crippen LogP contribution is 2.24. The van der Waals surface area contributed by atoms with Crippen molar-refractivity contribution in [3.63, 3.8) is 0 Å². The number of aromatic nitrogens is 2. The standard InChI is InChI=1S/C16H19ClN2O2/c1-11(2)16-18-14(17)10-15(19-16)21-13-6-4-12(5-7-13)8-9-20-3/h4-7,10-11H,8-9H2,1-3H3. The number of rotatable bonds is 6. The summed E-state index contributed by atoms with van der Waals surface area (Å²) in [7, 11) is 1.70. The molecule has 0 saturated carbocycles. The highest BCUT2D eigenvalue weighted by atomic mass is 35.5. The first-order chi connectivity index (χ1) is 10.1. The fourth-order valence-electron chi connectivity index (χ4n) is 1.79. The lowest BCUT2D eigenvalue weighted by atomic mass is 10.1. The molecule has 5 heteroatoms. The van der Waals surface area contributed by atoms with Crippen molar-refractivity contribution in [2.45, 2.75) is 26.2 Å². The van der Waals surface area contributed by atoms with E-state index in [-0.39, 0.29) is 5.92 Å². The lowest BCUT2D eigenvalue weighted by molar-refractivity contribution is 0.202. The predicted octanol–water partition coefficient (Wildman–Crippen LogP) is 4.23. The van der Waals surface area contributed by atoms with Crippen LogP contribution in [0.1, 0.15) is 31.2 Å². The molecular weight excluding hydrogens is 288 g/mol. The first kappa shape index (κ1) is 15.7. The molecule has 2 rings (SSSR count). The smallest absolute Gasteiger partial charge is 0.224 e. The summed E-state index contributed by atoms with van der Waals surface area (Å²) in [4.78, 5) is 8.55. The van der Waals surface area contributed by atoms with Crippen molar-refractivity contribution in [1.82, 2.24) is 9.97 Å². The Hall–Kier alpha value is -1.65. The monoisotopic (exact) mass is 306 g/mol. The van der Waals surface area contributed by atoms with E-state index in [1.807, 2.05) is 38.1 Å². The predicted molar refractivity (Wildman–Crippen MR) is 83.2 cm³/mol. The van der Waals surface area contributed by atoms with Crippen LogP contribution in [-0.2, 0) is 11.2 Å². The second-order valence-corrected chi connectivity index (χ2v) is 5.42. The normalized spacial score (nSPS) is 10.9. The van der Waals surface area contributed by atoms with Crippen LogP contribution in [0.15, 0.2) is 30.3 Å². The van der Waals surface area contributed by atoms with Gasteiger partial charge in [0.2, 0.25) is 5.88 Å². The Balaban J connectivity index is 2.10. The minimum atomic E-state index is 0.197. The van der Waals surface area contributed by atoms with Gasteiger partial charge in [-0.05, 0) is 24.1 Å². The molecule has 0 unspecified atom stereocenters. The molecule has 4 nitrogen and oxygen atoms in total. The molecule has 0 atom stereocenters. The van der Waals surface area contributed by atoms with E-state index >= 15 is 0 Å². The van der Waals surface area contributed by atoms with Crippen LogP contribution >= 0.6 is 11.6 Å². The maximum Gasteiger partial charge on any atom is 0.224 e. The van der Waals surface area contributed by atoms with Gasteiger partial charge in [-0.3, -0.25) is 0 Å². The molecule has 21 heavy (non-hydrogen) atoms. The highest BCUT2D eigenvalue weighted by Gasteiger charge is 2.08. The van der Waals surface area contributed by atoms with Crippen LogP contribution in [0.25, 0.3) is 0 Å². The zero-order valence-electron chi connectivity index (χ0n) is 12.5. The summed E-state index contributed by atoms with van der Waals surface area (Å²) in [5.41, 5.74) is 1.20. The van der Waals surface area contributed by atoms with Gasteiger partial charge in [-0.2, -0.15) is 4.98 Å². The third kappa shape index (κ3) is 4.69. The van der Waals surface area contributed by atoms with Crippen molar-refractivity contribution in [2.24, 2.45) is 0 Å². The maximum atomic E-state index is 6.00. The second-order valence-electron chi connectivity index (χ2n) is 5.03. The van der Waals surface area contributed by atoms with Gasteiger partial charge in [-0.15, -0.1) is 0 Å². The van der Waals surface area contributed by atoms with Gasteiger partial charge < -0.3 is 9.47 Å². The van der Waals surface area contributed by atoms with Crippen molar-refractivity contribution in [1.29, 1.82) is 0 Å². The third-order valence-electron chi connectivity index (χ3n) is 2.95. The summed E-state index contributed by atoms with van der Waals surface area (Å²) >= 11 is 6.00. The number of halogens is 1. The minimum Gasteiger partial charge on any atom is -0.439 e. The van der Waals surface area contributed by atoms with Gasteiger partial charge in [0, 0.05) is 19.1 Å². The quantitative estimate of drug-likeness (QED) is 0.749. The molecule has 0 N–H and O–H groups in total. The average molecular weight is 307 g/mol. The summed E-state index contributed by atoms with van der Waals surface area (Å²) in [6, 6.07) is 9.47. The summed E-state index contributed by atoms with van der Waals surface area (Å²) in [6.45, 7) is 4.74. The van der Waals surface area contributed by atoms with Gasteiger partial charge in [0.25, 0.3) is 0 Å². The molecule has 0 bridgehead atoms. The molecule has 0 amide bonds. The van der Waals surface area contributed by atoms with E-state index in [2.05, 4.69) is 9.97 Å². The number of ether oxygens (including phenoxy) is 2. The SMILES string of the molecule is COCCc1ccc(Oc2cc(Cl)nc(C(C)C)n2)cc1. The Labute approximate surface area is 130 Å². The molecule has 0 aliphatic rings. The maximum absolute atomic E-state index is 6.00. The van der Waals surface area contributed by atoms with Crippen LogP contribution in [-0.4, -0.2) is 23.7 Å². The van der Waals surface area contributed by atoms with E-state index in [0.29, 0.717) is 23.5 Å². The van der Waals surface area contributed by atoms with Crippen LogP contribution in [0.3, 0.4) is 0 Å². The number of hydrogen-bond donors (Lipinski definition) is 0. The Kier molecular flexibility index (Phi) is 5.53. The van der Waals surface area contributed by atoms with Crippen molar-refractivity contribution < 1.29 is 9.47 Å². The largest absolute Gasteiger partial charge is 0.439 e. The first-order valence-corrected chi connectivity index (χ1v) is 7.26. The molecule has 1 aromatic carbocycles. The van der Waals surface area contributed by atoms with E-state index in [1.54, 1.807) is 13.2 Å². The molecule has 0 fully saturated rings. The topological polar surface area (TPSA) is 44.2 Å². The number of nitrogens with zero attached hydrogens (tertiary/aromatic N) is 2. The molecule has 2 aromatic rings. The highest BCUT2D eigenvalue weighted by molar-refractivity contribution is 6.29. The van der Waals surface area contributed by atoms with Crippen molar-refractivity contribution in [3.05, 3.63) is 46.9 Å². The molecule has 1 heterocycles. The molecule has 0 saturated heterocycles. The number of hydrogen-bond acceptors (Lipinski definition) is 4. The molecule has 0 aliphatic heterocycles. The molecule has 0 spiro atoms. The van der Waals surface area contributed by atoms with Crippen molar-refractivity contribution in [2.75, 3.05) is 13.7 Å². The van der Waals surface area contributed by atoms with E-state index < -0.39 is 0 Å². The molecular formula is C16H19ClN2O2. The fraction of sp³-hybridized carbons (Fsp3) is 0.375. The van der Waals surface area contributed by atoms with Crippen LogP contribution in [0.4, 0.5) is 0 Å². The van der Waals surface area contributed by atoms with Gasteiger partial charge in [-0.25, -0.2) is 4.98 Å². The van der Waals surface area contributed by atoms with Crippen LogP contribution in [0.5, 0.6) is 11.6 Å². The number of methoxy groups -OCH3 is 1. The molecule has 112 valence electrons. The molecule has 0 radical (unpaired) electrons. The minimum absolute atomic E-state index is 0.197. The Bertz CT molecular complexity index is 585. The zero-order valence-corrected chi connectivity index (χ0v) is 13.2. The summed E-state index contributed by atoms with van der Waals surface area (Å²) < 4.78 is 10.8. The number of benzene rings is 1.